The molecule has 0 unspecified atom stereocenters. The Kier molecular flexibility index (Phi) is 6.87. The average Bonchev–Trinajstić information content (AvgIpc) is 2.91. The molecule has 0 bridgehead atoms. The zero-order valence-corrected chi connectivity index (χ0v) is 21.5. The lowest BCUT2D eigenvalue weighted by Crippen LogP contribution is -2.41. The molecule has 1 aliphatic rings. The molecule has 0 fully saturated rings. The summed E-state index contributed by atoms with van der Waals surface area (Å²) in [6.45, 7) is 4.53. The van der Waals surface area contributed by atoms with Crippen molar-refractivity contribution in [3.8, 4) is 5.75 Å². The van der Waals surface area contributed by atoms with Gasteiger partial charge in [-0.15, -0.1) is 0 Å². The van der Waals surface area contributed by atoms with Gasteiger partial charge in [0.2, 0.25) is 0 Å². The minimum absolute atomic E-state index is 0.0611. The Morgan fingerprint density at radius 1 is 0.722 bits per heavy atom. The first-order valence-electron chi connectivity index (χ1n) is 13.4. The fraction of sp³-hybridized carbons (Fsp3) is 0.294. The Morgan fingerprint density at radius 3 is 1.89 bits per heavy atom. The largest absolute Gasteiger partial charge is 0.487 e. The average molecular weight is 476 g/mol. The van der Waals surface area contributed by atoms with Crippen LogP contribution in [0.3, 0.4) is 0 Å². The Labute approximate surface area is 216 Å². The monoisotopic (exact) mass is 475 g/mol. The standard InChI is InChI=1S/C34H37NO/c1-3-22-33(23-4-2)24-21-30-31(19-12-20-32(30)36-33)34(26-13-7-5-8-14-26,27-15-9-6-10-16-27)28-17-11-18-29(35)25-28/h5-20,25H,3-4,21-24,35H2,1-2H3. The highest BCUT2D eigenvalue weighted by molar-refractivity contribution is 5.65. The molecular weight excluding hydrogens is 438 g/mol. The van der Waals surface area contributed by atoms with Gasteiger partial charge in [0.05, 0.1) is 5.41 Å². The van der Waals surface area contributed by atoms with Crippen LogP contribution >= 0.6 is 0 Å². The minimum Gasteiger partial charge on any atom is -0.487 e. The first kappa shape index (κ1) is 24.2. The SMILES string of the molecule is CCCC1(CCC)CCc2c(cccc2C(c2ccccc2)(c2ccccc2)c2cccc(N)c2)O1. The maximum Gasteiger partial charge on any atom is 0.123 e. The van der Waals surface area contributed by atoms with Crippen molar-refractivity contribution in [1.29, 1.82) is 0 Å². The van der Waals surface area contributed by atoms with Crippen LogP contribution in [0.25, 0.3) is 0 Å². The van der Waals surface area contributed by atoms with Gasteiger partial charge in [0.1, 0.15) is 11.4 Å². The topological polar surface area (TPSA) is 35.2 Å². The lowest BCUT2D eigenvalue weighted by Gasteiger charge is -2.43. The van der Waals surface area contributed by atoms with Crippen molar-refractivity contribution in [2.75, 3.05) is 5.73 Å². The number of hydrogen-bond donors (Lipinski definition) is 1. The summed E-state index contributed by atoms with van der Waals surface area (Å²) in [6.07, 6.45) is 6.53. The van der Waals surface area contributed by atoms with Crippen molar-refractivity contribution in [3.63, 3.8) is 0 Å². The first-order chi connectivity index (χ1) is 17.6. The summed E-state index contributed by atoms with van der Waals surface area (Å²) in [6, 6.07) is 36.8. The molecule has 2 N–H and O–H groups in total. The number of hydrogen-bond acceptors (Lipinski definition) is 2. The van der Waals surface area contributed by atoms with E-state index in [1.165, 1.54) is 27.8 Å². The van der Waals surface area contributed by atoms with E-state index in [1.807, 2.05) is 6.07 Å². The predicted molar refractivity (Wildman–Crippen MR) is 151 cm³/mol. The number of fused-ring (bicyclic) bond motifs is 1. The number of rotatable bonds is 8. The van der Waals surface area contributed by atoms with E-state index in [9.17, 15) is 0 Å². The third-order valence-corrected chi connectivity index (χ3v) is 7.84. The summed E-state index contributed by atoms with van der Waals surface area (Å²) in [4.78, 5) is 0. The summed E-state index contributed by atoms with van der Waals surface area (Å²) >= 11 is 0. The second-order valence-corrected chi connectivity index (χ2v) is 10.2. The Morgan fingerprint density at radius 2 is 1.31 bits per heavy atom. The molecule has 2 nitrogen and oxygen atoms in total. The molecule has 0 amide bonds. The molecule has 2 heteroatoms. The van der Waals surface area contributed by atoms with Gasteiger partial charge in [-0.25, -0.2) is 0 Å². The summed E-state index contributed by atoms with van der Waals surface area (Å²) in [7, 11) is 0. The van der Waals surface area contributed by atoms with Gasteiger partial charge in [-0.1, -0.05) is 112 Å². The highest BCUT2D eigenvalue weighted by Gasteiger charge is 2.43. The zero-order valence-electron chi connectivity index (χ0n) is 21.5. The molecule has 0 aliphatic carbocycles. The van der Waals surface area contributed by atoms with E-state index in [4.69, 9.17) is 10.5 Å². The lowest BCUT2D eigenvalue weighted by atomic mass is 9.63. The van der Waals surface area contributed by atoms with E-state index in [0.29, 0.717) is 0 Å². The summed E-state index contributed by atoms with van der Waals surface area (Å²) in [5, 5.41) is 0. The molecule has 5 rings (SSSR count). The second kappa shape index (κ2) is 10.2. The predicted octanol–water partition coefficient (Wildman–Crippen LogP) is 8.32. The van der Waals surface area contributed by atoms with E-state index >= 15 is 0 Å². The third-order valence-electron chi connectivity index (χ3n) is 7.84. The van der Waals surface area contributed by atoms with Crippen molar-refractivity contribution in [1.82, 2.24) is 0 Å². The van der Waals surface area contributed by atoms with Crippen molar-refractivity contribution in [3.05, 3.63) is 131 Å². The molecule has 4 aromatic carbocycles. The smallest absolute Gasteiger partial charge is 0.123 e. The molecular formula is C34H37NO. The van der Waals surface area contributed by atoms with Crippen LogP contribution in [0.4, 0.5) is 5.69 Å². The van der Waals surface area contributed by atoms with Crippen LogP contribution in [-0.4, -0.2) is 5.60 Å². The minimum atomic E-state index is -0.512. The third kappa shape index (κ3) is 4.19. The molecule has 4 aromatic rings. The van der Waals surface area contributed by atoms with E-state index in [2.05, 4.69) is 111 Å². The van der Waals surface area contributed by atoms with Crippen LogP contribution in [0, 0.1) is 0 Å². The van der Waals surface area contributed by atoms with Gasteiger partial charge in [0, 0.05) is 5.69 Å². The van der Waals surface area contributed by atoms with Crippen molar-refractivity contribution >= 4 is 5.69 Å². The van der Waals surface area contributed by atoms with Crippen LogP contribution in [-0.2, 0) is 11.8 Å². The molecule has 0 atom stereocenters. The van der Waals surface area contributed by atoms with Crippen LogP contribution in [0.5, 0.6) is 5.75 Å². The molecule has 184 valence electrons. The van der Waals surface area contributed by atoms with Gasteiger partial charge in [-0.2, -0.15) is 0 Å². The molecule has 0 aromatic heterocycles. The number of ether oxygens (including phenoxy) is 1. The van der Waals surface area contributed by atoms with E-state index in [1.54, 1.807) is 0 Å². The molecule has 0 saturated heterocycles. The fourth-order valence-corrected chi connectivity index (χ4v) is 6.41. The summed E-state index contributed by atoms with van der Waals surface area (Å²) in [5.74, 6) is 1.04. The van der Waals surface area contributed by atoms with Gasteiger partial charge < -0.3 is 10.5 Å². The molecule has 1 heterocycles. The first-order valence-corrected chi connectivity index (χ1v) is 13.4. The highest BCUT2D eigenvalue weighted by Crippen LogP contribution is 2.50. The van der Waals surface area contributed by atoms with E-state index < -0.39 is 5.41 Å². The quantitative estimate of drug-likeness (QED) is 0.205. The molecule has 0 radical (unpaired) electrons. The van der Waals surface area contributed by atoms with E-state index in [-0.39, 0.29) is 5.60 Å². The van der Waals surface area contributed by atoms with Crippen molar-refractivity contribution in [2.45, 2.75) is 63.4 Å². The normalized spacial score (nSPS) is 14.6. The Balaban J connectivity index is 1.81. The number of anilines is 1. The molecule has 36 heavy (non-hydrogen) atoms. The molecule has 1 aliphatic heterocycles. The second-order valence-electron chi connectivity index (χ2n) is 10.2. The van der Waals surface area contributed by atoms with Crippen LogP contribution in [0.2, 0.25) is 0 Å². The summed E-state index contributed by atoms with van der Waals surface area (Å²) in [5.41, 5.74) is 12.8. The zero-order chi connectivity index (χ0) is 25.0. The Bertz CT molecular complexity index is 1250. The molecule has 0 spiro atoms. The van der Waals surface area contributed by atoms with Crippen LogP contribution in [0.1, 0.15) is 73.8 Å². The van der Waals surface area contributed by atoms with Gasteiger partial charge >= 0.3 is 0 Å². The van der Waals surface area contributed by atoms with E-state index in [0.717, 1.165) is 50.0 Å². The molecule has 0 saturated carbocycles. The Hall–Kier alpha value is -3.52. The fourth-order valence-electron chi connectivity index (χ4n) is 6.41. The van der Waals surface area contributed by atoms with Crippen molar-refractivity contribution < 1.29 is 4.74 Å². The van der Waals surface area contributed by atoms with Gasteiger partial charge in [-0.3, -0.25) is 0 Å². The van der Waals surface area contributed by atoms with Crippen LogP contribution < -0.4 is 10.5 Å². The number of benzene rings is 4. The number of nitrogens with two attached hydrogens (primary N) is 1. The van der Waals surface area contributed by atoms with Crippen LogP contribution in [0.15, 0.2) is 103 Å². The van der Waals surface area contributed by atoms with Gasteiger partial charge in [0.15, 0.2) is 0 Å². The summed E-state index contributed by atoms with van der Waals surface area (Å²) < 4.78 is 6.94. The maximum absolute atomic E-state index is 6.94. The van der Waals surface area contributed by atoms with Gasteiger partial charge in [-0.05, 0) is 71.7 Å². The number of nitrogen functional groups attached to an aromatic ring is 1. The maximum atomic E-state index is 6.94. The van der Waals surface area contributed by atoms with Crippen molar-refractivity contribution in [2.24, 2.45) is 0 Å². The highest BCUT2D eigenvalue weighted by atomic mass is 16.5. The van der Waals surface area contributed by atoms with Gasteiger partial charge in [0.25, 0.3) is 0 Å². The lowest BCUT2D eigenvalue weighted by molar-refractivity contribution is 0.0272.